The Balaban J connectivity index is 1.76. The number of rotatable bonds is 4. The molecule has 0 unspecified atom stereocenters. The number of urea groups is 1. The number of amides is 2. The van der Waals surface area contributed by atoms with Gasteiger partial charge in [0.05, 0.1) is 18.1 Å². The van der Waals surface area contributed by atoms with Gasteiger partial charge in [-0.25, -0.2) is 9.78 Å². The number of halogens is 3. The van der Waals surface area contributed by atoms with Crippen molar-refractivity contribution in [3.63, 3.8) is 0 Å². The third-order valence-corrected chi connectivity index (χ3v) is 3.91. The van der Waals surface area contributed by atoms with Gasteiger partial charge in [-0.1, -0.05) is 17.3 Å². The van der Waals surface area contributed by atoms with Crippen molar-refractivity contribution in [3.8, 4) is 11.3 Å². The average Bonchev–Trinajstić information content (AvgIpc) is 3.03. The minimum absolute atomic E-state index is 0.363. The molecular formula is C17H16F3N5O2. The van der Waals surface area contributed by atoms with Crippen LogP contribution in [0.2, 0.25) is 0 Å². The van der Waals surface area contributed by atoms with E-state index in [0.717, 1.165) is 16.8 Å². The van der Waals surface area contributed by atoms with E-state index in [2.05, 4.69) is 15.5 Å². The maximum Gasteiger partial charge on any atom is 0.405 e. The van der Waals surface area contributed by atoms with Crippen LogP contribution in [0.5, 0.6) is 0 Å². The summed E-state index contributed by atoms with van der Waals surface area (Å²) >= 11 is 0. The fourth-order valence-corrected chi connectivity index (χ4v) is 2.74. The summed E-state index contributed by atoms with van der Waals surface area (Å²) in [7, 11) is 0. The Morgan fingerprint density at radius 2 is 2.22 bits per heavy atom. The third kappa shape index (κ3) is 4.66. The van der Waals surface area contributed by atoms with Crippen LogP contribution in [0.3, 0.4) is 0 Å². The van der Waals surface area contributed by atoms with Crippen molar-refractivity contribution in [2.75, 3.05) is 11.9 Å². The van der Waals surface area contributed by atoms with Crippen LogP contribution in [-0.2, 0) is 6.54 Å². The molecule has 0 saturated heterocycles. The fraction of sp³-hybridized carbons (Fsp3) is 0.235. The highest BCUT2D eigenvalue weighted by molar-refractivity contribution is 5.90. The van der Waals surface area contributed by atoms with Gasteiger partial charge in [-0.05, 0) is 30.2 Å². The number of hydrogen-bond acceptors (Lipinski definition) is 4. The SMILES string of the molecule is O=C(NCC(F)(F)F)Nc1cccc(-c2cnc3n2CCC(/C=N/O)=C3)c1. The monoisotopic (exact) mass is 379 g/mol. The van der Waals surface area contributed by atoms with Crippen LogP contribution in [0.25, 0.3) is 17.3 Å². The van der Waals surface area contributed by atoms with E-state index in [-0.39, 0.29) is 0 Å². The van der Waals surface area contributed by atoms with Crippen LogP contribution in [0, 0.1) is 0 Å². The molecule has 2 aromatic rings. The van der Waals surface area contributed by atoms with E-state index in [1.54, 1.807) is 35.8 Å². The van der Waals surface area contributed by atoms with Gasteiger partial charge in [-0.15, -0.1) is 0 Å². The normalized spacial score (nSPS) is 14.0. The Bertz CT molecular complexity index is 902. The Hall–Kier alpha value is -3.30. The molecule has 0 bridgehead atoms. The highest BCUT2D eigenvalue weighted by atomic mass is 19.4. The Morgan fingerprint density at radius 1 is 1.41 bits per heavy atom. The maximum absolute atomic E-state index is 12.2. The third-order valence-electron chi connectivity index (χ3n) is 3.91. The van der Waals surface area contributed by atoms with Crippen molar-refractivity contribution in [2.45, 2.75) is 19.1 Å². The van der Waals surface area contributed by atoms with Gasteiger partial charge in [-0.2, -0.15) is 13.2 Å². The maximum atomic E-state index is 12.2. The van der Waals surface area contributed by atoms with Crippen molar-refractivity contribution in [1.82, 2.24) is 14.9 Å². The number of allylic oxidation sites excluding steroid dienone is 1. The zero-order valence-electron chi connectivity index (χ0n) is 14.0. The zero-order chi connectivity index (χ0) is 19.4. The van der Waals surface area contributed by atoms with Crippen molar-refractivity contribution in [1.29, 1.82) is 0 Å². The summed E-state index contributed by atoms with van der Waals surface area (Å²) in [6.07, 6.45) is 1.04. The van der Waals surface area contributed by atoms with Gasteiger partial charge in [0.2, 0.25) is 0 Å². The predicted molar refractivity (Wildman–Crippen MR) is 93.6 cm³/mol. The van der Waals surface area contributed by atoms with Crippen molar-refractivity contribution < 1.29 is 23.2 Å². The molecule has 1 aliphatic heterocycles. The minimum Gasteiger partial charge on any atom is -0.411 e. The summed E-state index contributed by atoms with van der Waals surface area (Å²) in [6, 6.07) is 5.82. The number of nitrogens with zero attached hydrogens (tertiary/aromatic N) is 3. The Morgan fingerprint density at radius 3 is 2.96 bits per heavy atom. The summed E-state index contributed by atoms with van der Waals surface area (Å²) in [5, 5.41) is 15.8. The van der Waals surface area contributed by atoms with Crippen LogP contribution in [-0.4, -0.2) is 39.7 Å². The molecule has 27 heavy (non-hydrogen) atoms. The second-order valence-electron chi connectivity index (χ2n) is 5.87. The van der Waals surface area contributed by atoms with Crippen molar-refractivity contribution >= 4 is 24.0 Å². The molecular weight excluding hydrogens is 363 g/mol. The highest BCUT2D eigenvalue weighted by Crippen LogP contribution is 2.27. The first-order chi connectivity index (χ1) is 12.9. The lowest BCUT2D eigenvalue weighted by Crippen LogP contribution is -2.36. The standard InChI is InChI=1S/C17H16F3N5O2/c18-17(19,20)10-22-16(26)24-13-3-1-2-12(7-13)14-9-21-15-6-11(8-23-27)4-5-25(14)15/h1-3,6-9,27H,4-5,10H2,(H2,22,24,26)/b23-8+. The Labute approximate surface area is 152 Å². The number of aromatic nitrogens is 2. The number of nitrogens with one attached hydrogen (secondary N) is 2. The van der Waals surface area contributed by atoms with Gasteiger partial charge in [-0.3, -0.25) is 0 Å². The number of fused-ring (bicyclic) bond motifs is 1. The molecule has 0 fully saturated rings. The topological polar surface area (TPSA) is 91.5 Å². The minimum atomic E-state index is -4.47. The van der Waals surface area contributed by atoms with Gasteiger partial charge in [0.15, 0.2) is 0 Å². The summed E-state index contributed by atoms with van der Waals surface area (Å²) in [4.78, 5) is 15.9. The average molecular weight is 379 g/mol. The fourth-order valence-electron chi connectivity index (χ4n) is 2.74. The van der Waals surface area contributed by atoms with Crippen LogP contribution in [0.4, 0.5) is 23.7 Å². The van der Waals surface area contributed by atoms with Crippen LogP contribution in [0.1, 0.15) is 12.2 Å². The van der Waals surface area contributed by atoms with Gasteiger partial charge in [0.25, 0.3) is 0 Å². The van der Waals surface area contributed by atoms with Crippen LogP contribution >= 0.6 is 0 Å². The smallest absolute Gasteiger partial charge is 0.405 e. The van der Waals surface area contributed by atoms with Gasteiger partial charge < -0.3 is 20.4 Å². The number of hydrogen-bond donors (Lipinski definition) is 3. The molecule has 0 spiro atoms. The summed E-state index contributed by atoms with van der Waals surface area (Å²) in [5.74, 6) is 0.701. The number of carbonyl (C=O) groups is 1. The first-order valence-electron chi connectivity index (χ1n) is 8.01. The van der Waals surface area contributed by atoms with Crippen LogP contribution in [0.15, 0.2) is 41.2 Å². The highest BCUT2D eigenvalue weighted by Gasteiger charge is 2.27. The van der Waals surface area contributed by atoms with Gasteiger partial charge >= 0.3 is 12.2 Å². The van der Waals surface area contributed by atoms with E-state index >= 15 is 0 Å². The van der Waals surface area contributed by atoms with Gasteiger partial charge in [0, 0.05) is 17.8 Å². The predicted octanol–water partition coefficient (Wildman–Crippen LogP) is 3.48. The van der Waals surface area contributed by atoms with Crippen molar-refractivity contribution in [2.24, 2.45) is 5.16 Å². The van der Waals surface area contributed by atoms with E-state index in [1.807, 2.05) is 10.6 Å². The van der Waals surface area contributed by atoms with E-state index < -0.39 is 18.8 Å². The van der Waals surface area contributed by atoms with Crippen molar-refractivity contribution in [3.05, 3.63) is 41.9 Å². The number of carbonyl (C=O) groups excluding carboxylic acids is 1. The molecule has 0 aliphatic carbocycles. The molecule has 2 amide bonds. The summed E-state index contributed by atoms with van der Waals surface area (Å²) in [6.45, 7) is -0.771. The summed E-state index contributed by atoms with van der Waals surface area (Å²) < 4.78 is 38.5. The molecule has 142 valence electrons. The molecule has 10 heteroatoms. The molecule has 1 aliphatic rings. The van der Waals surface area contributed by atoms with Gasteiger partial charge in [0.1, 0.15) is 12.4 Å². The molecule has 0 saturated carbocycles. The first kappa shape index (κ1) is 18.5. The lowest BCUT2D eigenvalue weighted by atomic mass is 10.1. The molecule has 1 aromatic heterocycles. The molecule has 3 N–H and O–H groups in total. The second kappa shape index (κ2) is 7.52. The lowest BCUT2D eigenvalue weighted by Gasteiger charge is -2.16. The Kier molecular flexibility index (Phi) is 5.15. The van der Waals surface area contributed by atoms with E-state index in [1.165, 1.54) is 6.21 Å². The molecule has 3 rings (SSSR count). The quantitative estimate of drug-likeness (QED) is 0.431. The first-order valence-corrected chi connectivity index (χ1v) is 8.01. The molecule has 0 radical (unpaired) electrons. The molecule has 1 aromatic carbocycles. The molecule has 2 heterocycles. The number of anilines is 1. The second-order valence-corrected chi connectivity index (χ2v) is 5.87. The summed E-state index contributed by atoms with van der Waals surface area (Å²) in [5.41, 5.74) is 2.77. The number of imidazole rings is 1. The zero-order valence-corrected chi connectivity index (χ0v) is 14.0. The molecule has 0 atom stereocenters. The lowest BCUT2D eigenvalue weighted by molar-refractivity contribution is -0.122. The largest absolute Gasteiger partial charge is 0.411 e. The molecule has 7 nitrogen and oxygen atoms in total. The van der Waals surface area contributed by atoms with Crippen LogP contribution < -0.4 is 10.6 Å². The number of oxime groups is 1. The van der Waals surface area contributed by atoms with E-state index in [9.17, 15) is 18.0 Å². The number of benzene rings is 1. The van der Waals surface area contributed by atoms with E-state index in [0.29, 0.717) is 24.5 Å². The van der Waals surface area contributed by atoms with E-state index in [4.69, 9.17) is 5.21 Å². The number of alkyl halides is 3.